The highest BCUT2D eigenvalue weighted by Crippen LogP contribution is 2.51. The molecule has 3 aromatic heterocycles. The summed E-state index contributed by atoms with van der Waals surface area (Å²) in [6, 6.07) is 47.8. The van der Waals surface area contributed by atoms with Crippen molar-refractivity contribution < 1.29 is 0 Å². The Kier molecular flexibility index (Phi) is 5.50. The van der Waals surface area contributed by atoms with Crippen molar-refractivity contribution in [1.29, 1.82) is 0 Å². The van der Waals surface area contributed by atoms with Crippen LogP contribution in [0.1, 0.15) is 10.4 Å². The largest absolute Gasteiger partial charge is 0.309 e. The Bertz CT molecular complexity index is 3090. The molecule has 0 unspecified atom stereocenters. The Morgan fingerprint density at radius 2 is 1.16 bits per heavy atom. The molecule has 0 fully saturated rings. The third-order valence-corrected chi connectivity index (χ3v) is 12.8. The number of hydrogen-bond acceptors (Lipinski definition) is 2. The second kappa shape index (κ2) is 9.90. The van der Waals surface area contributed by atoms with Crippen LogP contribution in [0.2, 0.25) is 0 Å². The zero-order valence-corrected chi connectivity index (χ0v) is 28.1. The van der Waals surface area contributed by atoms with Crippen molar-refractivity contribution >= 4 is 97.7 Å². The van der Waals surface area contributed by atoms with Gasteiger partial charge in [-0.3, -0.25) is 0 Å². The van der Waals surface area contributed by atoms with E-state index in [1.54, 1.807) is 11.3 Å². The minimum Gasteiger partial charge on any atom is -0.309 e. The predicted molar refractivity (Wildman–Crippen MR) is 217 cm³/mol. The highest BCUT2D eigenvalue weighted by molar-refractivity contribution is 7.25. The molecule has 3 heteroatoms. The van der Waals surface area contributed by atoms with Gasteiger partial charge >= 0.3 is 0 Å². The SMILES string of the molecule is C=Cc1sc2ccc(-c3ccc4c(c3)c3c5cccc6c5c(cc3n4-c3ccc4c(c3)sc3ccccc34)-c3ccccc3-6)cc2c1C=C. The number of hydrogen-bond donors (Lipinski definition) is 0. The van der Waals surface area contributed by atoms with Crippen LogP contribution < -0.4 is 0 Å². The standard InChI is InChI=1S/C46H27NS2/c1-3-29-36-22-27(17-21-43(36)48-41(29)4-2)26-16-20-39-38(23-26)46-35-14-9-13-34-30-10-5-6-11-31(30)37(45(34)35)25-40(46)47(39)28-18-19-33-32-12-7-8-15-42(32)49-44(33)24-28/h3-25H,1-2H2. The first-order valence-corrected chi connectivity index (χ1v) is 18.2. The van der Waals surface area contributed by atoms with Gasteiger partial charge in [0.2, 0.25) is 0 Å². The molecule has 11 rings (SSSR count). The van der Waals surface area contributed by atoms with Crippen LogP contribution in [0.25, 0.3) is 114 Å². The molecule has 0 aliphatic heterocycles. The summed E-state index contributed by atoms with van der Waals surface area (Å²) in [5.41, 5.74) is 12.5. The Morgan fingerprint density at radius 3 is 2.02 bits per heavy atom. The summed E-state index contributed by atoms with van der Waals surface area (Å²) in [7, 11) is 0. The number of thiophene rings is 2. The third kappa shape index (κ3) is 3.64. The van der Waals surface area contributed by atoms with Gasteiger partial charge in [0.1, 0.15) is 0 Å². The van der Waals surface area contributed by atoms with E-state index in [1.807, 2.05) is 23.5 Å². The molecule has 10 aromatic rings. The molecule has 1 aliphatic rings. The molecule has 0 N–H and O–H groups in total. The highest BCUT2D eigenvalue weighted by Gasteiger charge is 2.25. The summed E-state index contributed by atoms with van der Waals surface area (Å²) in [5, 5.41) is 9.11. The van der Waals surface area contributed by atoms with Gasteiger partial charge in [0.25, 0.3) is 0 Å². The zero-order chi connectivity index (χ0) is 32.4. The molecule has 1 nitrogen and oxygen atoms in total. The van der Waals surface area contributed by atoms with Crippen molar-refractivity contribution in [1.82, 2.24) is 4.57 Å². The van der Waals surface area contributed by atoms with Crippen LogP contribution in [0.5, 0.6) is 0 Å². The van der Waals surface area contributed by atoms with Crippen LogP contribution in [-0.2, 0) is 0 Å². The van der Waals surface area contributed by atoms with Gasteiger partial charge in [-0.1, -0.05) is 104 Å². The predicted octanol–water partition coefficient (Wildman–Crippen LogP) is 14.1. The van der Waals surface area contributed by atoms with Crippen molar-refractivity contribution in [2.75, 3.05) is 0 Å². The number of fused-ring (bicyclic) bond motifs is 11. The summed E-state index contributed by atoms with van der Waals surface area (Å²) in [6.45, 7) is 8.17. The van der Waals surface area contributed by atoms with E-state index in [2.05, 4.69) is 145 Å². The quantitative estimate of drug-likeness (QED) is 0.177. The molecule has 228 valence electrons. The Labute approximate surface area is 290 Å². The first-order chi connectivity index (χ1) is 24.2. The molecule has 0 amide bonds. The van der Waals surface area contributed by atoms with Gasteiger partial charge in [0.05, 0.1) is 11.0 Å². The minimum absolute atomic E-state index is 1.16. The van der Waals surface area contributed by atoms with Crippen molar-refractivity contribution in [3.8, 4) is 39.1 Å². The lowest BCUT2D eigenvalue weighted by molar-refractivity contribution is 1.19. The van der Waals surface area contributed by atoms with Gasteiger partial charge in [-0.15, -0.1) is 22.7 Å². The molecule has 0 radical (unpaired) electrons. The zero-order valence-electron chi connectivity index (χ0n) is 26.5. The van der Waals surface area contributed by atoms with Crippen LogP contribution in [0.4, 0.5) is 0 Å². The molecule has 0 spiro atoms. The van der Waals surface area contributed by atoms with Crippen LogP contribution in [0.15, 0.2) is 141 Å². The second-order valence-electron chi connectivity index (χ2n) is 12.9. The fourth-order valence-electron chi connectivity index (χ4n) is 8.37. The maximum Gasteiger partial charge on any atom is 0.0553 e. The first-order valence-electron chi connectivity index (χ1n) is 16.6. The molecule has 3 heterocycles. The number of rotatable bonds is 4. The van der Waals surface area contributed by atoms with Crippen molar-refractivity contribution in [3.63, 3.8) is 0 Å². The van der Waals surface area contributed by atoms with Crippen molar-refractivity contribution in [2.45, 2.75) is 0 Å². The Balaban J connectivity index is 1.24. The lowest BCUT2D eigenvalue weighted by Gasteiger charge is -2.10. The molecular formula is C46H27NS2. The van der Waals surface area contributed by atoms with E-state index in [-0.39, 0.29) is 0 Å². The average molecular weight is 658 g/mol. The van der Waals surface area contributed by atoms with Crippen molar-refractivity contribution in [2.24, 2.45) is 0 Å². The molecule has 0 saturated carbocycles. The number of aromatic nitrogens is 1. The topological polar surface area (TPSA) is 4.93 Å². The van der Waals surface area contributed by atoms with Crippen LogP contribution in [-0.4, -0.2) is 4.57 Å². The summed E-state index contributed by atoms with van der Waals surface area (Å²) < 4.78 is 6.39. The Morgan fingerprint density at radius 1 is 0.449 bits per heavy atom. The van der Waals surface area contributed by atoms with E-state index in [0.717, 1.165) is 5.56 Å². The molecule has 0 atom stereocenters. The fourth-order valence-corrected chi connectivity index (χ4v) is 10.5. The molecular weight excluding hydrogens is 631 g/mol. The number of benzene rings is 7. The second-order valence-corrected chi connectivity index (χ2v) is 15.1. The van der Waals surface area contributed by atoms with Crippen LogP contribution in [0.3, 0.4) is 0 Å². The monoisotopic (exact) mass is 657 g/mol. The van der Waals surface area contributed by atoms with Gasteiger partial charge in [-0.2, -0.15) is 0 Å². The van der Waals surface area contributed by atoms with Gasteiger partial charge in [-0.05, 0) is 98.2 Å². The first kappa shape index (κ1) is 27.2. The van der Waals surface area contributed by atoms with E-state index in [0.29, 0.717) is 0 Å². The van der Waals surface area contributed by atoms with E-state index < -0.39 is 0 Å². The van der Waals surface area contributed by atoms with E-state index >= 15 is 0 Å². The van der Waals surface area contributed by atoms with Crippen LogP contribution >= 0.6 is 22.7 Å². The fraction of sp³-hybridized carbons (Fsp3) is 0. The summed E-state index contributed by atoms with van der Waals surface area (Å²) in [4.78, 5) is 1.17. The van der Waals surface area contributed by atoms with Crippen molar-refractivity contribution in [3.05, 3.63) is 151 Å². The molecule has 0 bridgehead atoms. The van der Waals surface area contributed by atoms with Crippen LogP contribution in [0, 0.1) is 0 Å². The van der Waals surface area contributed by atoms with E-state index in [1.165, 1.54) is 107 Å². The smallest absolute Gasteiger partial charge is 0.0553 e. The maximum atomic E-state index is 4.12. The lowest BCUT2D eigenvalue weighted by Crippen LogP contribution is -1.94. The normalized spacial score (nSPS) is 12.2. The summed E-state index contributed by atoms with van der Waals surface area (Å²) in [6.07, 6.45) is 3.90. The van der Waals surface area contributed by atoms with Gasteiger partial charge < -0.3 is 4.57 Å². The number of nitrogens with zero attached hydrogens (tertiary/aromatic N) is 1. The lowest BCUT2D eigenvalue weighted by atomic mass is 9.96. The van der Waals surface area contributed by atoms with Gasteiger partial charge in [0.15, 0.2) is 0 Å². The third-order valence-electron chi connectivity index (χ3n) is 10.5. The van der Waals surface area contributed by atoms with E-state index in [9.17, 15) is 0 Å². The van der Waals surface area contributed by atoms with Gasteiger partial charge in [0, 0.05) is 51.6 Å². The Hall–Kier alpha value is -5.74. The summed E-state index contributed by atoms with van der Waals surface area (Å²) >= 11 is 3.65. The molecule has 7 aromatic carbocycles. The molecule has 49 heavy (non-hydrogen) atoms. The average Bonchev–Trinajstić information content (AvgIpc) is 3.89. The summed E-state index contributed by atoms with van der Waals surface area (Å²) in [5.74, 6) is 0. The minimum atomic E-state index is 1.16. The molecule has 0 saturated heterocycles. The highest BCUT2D eigenvalue weighted by atomic mass is 32.1. The van der Waals surface area contributed by atoms with Gasteiger partial charge in [-0.25, -0.2) is 0 Å². The maximum absolute atomic E-state index is 4.12. The van der Waals surface area contributed by atoms with E-state index in [4.69, 9.17) is 0 Å². The molecule has 1 aliphatic carbocycles.